The van der Waals surface area contributed by atoms with Gasteiger partial charge in [-0.05, 0) is 32.1 Å². The number of nitrogens with one attached hydrogen (secondary N) is 1. The van der Waals surface area contributed by atoms with Crippen LogP contribution in [0.5, 0.6) is 0 Å². The first-order valence-electron chi connectivity index (χ1n) is 7.64. The van der Waals surface area contributed by atoms with Crippen molar-refractivity contribution in [3.8, 4) is 0 Å². The van der Waals surface area contributed by atoms with Crippen LogP contribution in [0.2, 0.25) is 0 Å². The van der Waals surface area contributed by atoms with Crippen LogP contribution in [0.15, 0.2) is 9.59 Å². The van der Waals surface area contributed by atoms with Gasteiger partial charge in [-0.2, -0.15) is 0 Å². The maximum Gasteiger partial charge on any atom is 0.253 e. The molecule has 1 aromatic carbocycles. The summed E-state index contributed by atoms with van der Waals surface area (Å²) in [6.45, 7) is 12.9. The van der Waals surface area contributed by atoms with Gasteiger partial charge in [0.2, 0.25) is 0 Å². The molecule has 0 spiro atoms. The molecule has 0 heterocycles. The molecule has 0 amide bonds. The first-order valence-corrected chi connectivity index (χ1v) is 7.64. The lowest BCUT2D eigenvalue weighted by Crippen LogP contribution is -2.42. The van der Waals surface area contributed by atoms with E-state index in [4.69, 9.17) is 0 Å². The van der Waals surface area contributed by atoms with E-state index in [-0.39, 0.29) is 10.9 Å². The Morgan fingerprint density at radius 3 is 2.10 bits per heavy atom. The van der Waals surface area contributed by atoms with E-state index >= 15 is 0 Å². The van der Waals surface area contributed by atoms with Gasteiger partial charge in [-0.25, -0.2) is 0 Å². The number of hydrogen-bond acceptors (Lipinski definition) is 4. The summed E-state index contributed by atoms with van der Waals surface area (Å²) >= 11 is 0. The van der Waals surface area contributed by atoms with Crippen molar-refractivity contribution in [3.63, 3.8) is 0 Å². The van der Waals surface area contributed by atoms with Crippen molar-refractivity contribution < 1.29 is 0 Å². The molecule has 0 aliphatic rings. The first-order chi connectivity index (χ1) is 9.31. The predicted octanol–water partition coefficient (Wildman–Crippen LogP) is 2.76. The molecule has 1 aromatic rings. The largest absolute Gasteiger partial charge is 0.380 e. The lowest BCUT2D eigenvalue weighted by molar-refractivity contribution is 0.362. The summed E-state index contributed by atoms with van der Waals surface area (Å²) in [5.41, 5.74) is 0.757. The van der Waals surface area contributed by atoms with Crippen LogP contribution in [0.25, 0.3) is 0 Å². The SMILES string of the molecule is CCN(CC)c1c(NCCCCC(C)(C)C)c(=O)c1=O. The molecule has 0 fully saturated rings. The van der Waals surface area contributed by atoms with Gasteiger partial charge < -0.3 is 10.2 Å². The van der Waals surface area contributed by atoms with Gasteiger partial charge in [-0.15, -0.1) is 0 Å². The molecular weight excluding hydrogens is 252 g/mol. The zero-order valence-electron chi connectivity index (χ0n) is 13.5. The molecule has 0 saturated heterocycles. The molecule has 0 saturated carbocycles. The second-order valence-corrected chi connectivity index (χ2v) is 6.50. The number of unbranched alkanes of at least 4 members (excludes halogenated alkanes) is 1. The third-order valence-corrected chi connectivity index (χ3v) is 3.62. The fourth-order valence-corrected chi connectivity index (χ4v) is 2.38. The summed E-state index contributed by atoms with van der Waals surface area (Å²) in [4.78, 5) is 25.2. The van der Waals surface area contributed by atoms with Crippen LogP contribution in [-0.4, -0.2) is 19.6 Å². The zero-order chi connectivity index (χ0) is 15.3. The summed E-state index contributed by atoms with van der Waals surface area (Å²) in [6.07, 6.45) is 3.32. The Kier molecular flexibility index (Phi) is 5.78. The van der Waals surface area contributed by atoms with Crippen molar-refractivity contribution in [2.45, 2.75) is 53.9 Å². The molecule has 114 valence electrons. The lowest BCUT2D eigenvalue weighted by Gasteiger charge is -2.25. The summed E-state index contributed by atoms with van der Waals surface area (Å²) in [5, 5.41) is 3.15. The number of rotatable bonds is 8. The molecule has 0 aliphatic heterocycles. The third kappa shape index (κ3) is 4.09. The van der Waals surface area contributed by atoms with E-state index in [9.17, 15) is 9.59 Å². The highest BCUT2D eigenvalue weighted by Gasteiger charge is 2.24. The van der Waals surface area contributed by atoms with E-state index < -0.39 is 0 Å². The van der Waals surface area contributed by atoms with Crippen molar-refractivity contribution in [1.82, 2.24) is 0 Å². The lowest BCUT2D eigenvalue weighted by atomic mass is 9.90. The van der Waals surface area contributed by atoms with Gasteiger partial charge in [0.1, 0.15) is 11.4 Å². The fraction of sp³-hybridized carbons (Fsp3) is 0.750. The van der Waals surface area contributed by atoms with Crippen LogP contribution in [0.1, 0.15) is 53.9 Å². The van der Waals surface area contributed by atoms with Gasteiger partial charge in [-0.3, -0.25) is 9.59 Å². The molecule has 0 aromatic heterocycles. The molecule has 20 heavy (non-hydrogen) atoms. The Morgan fingerprint density at radius 1 is 1.00 bits per heavy atom. The Bertz CT molecular complexity index is 489. The molecule has 0 radical (unpaired) electrons. The molecule has 0 aliphatic carbocycles. The van der Waals surface area contributed by atoms with Gasteiger partial charge in [-0.1, -0.05) is 27.2 Å². The quantitative estimate of drug-likeness (QED) is 0.587. The minimum atomic E-state index is -0.359. The maximum atomic E-state index is 11.7. The monoisotopic (exact) mass is 280 g/mol. The fourth-order valence-electron chi connectivity index (χ4n) is 2.38. The van der Waals surface area contributed by atoms with Crippen LogP contribution in [0, 0.1) is 5.41 Å². The molecule has 1 N–H and O–H groups in total. The van der Waals surface area contributed by atoms with E-state index in [0.717, 1.165) is 32.5 Å². The van der Waals surface area contributed by atoms with E-state index in [1.165, 1.54) is 6.42 Å². The molecule has 0 atom stereocenters. The standard InChI is InChI=1S/C16H28N2O2/c1-6-18(7-2)13-12(14(19)15(13)20)17-11-9-8-10-16(3,4)5/h17H,6-11H2,1-5H3. The van der Waals surface area contributed by atoms with Crippen LogP contribution in [0.3, 0.4) is 0 Å². The van der Waals surface area contributed by atoms with Gasteiger partial charge in [0, 0.05) is 19.6 Å². The predicted molar refractivity (Wildman–Crippen MR) is 86.7 cm³/mol. The number of nitrogens with zero attached hydrogens (tertiary/aromatic N) is 1. The third-order valence-electron chi connectivity index (χ3n) is 3.62. The van der Waals surface area contributed by atoms with Crippen LogP contribution >= 0.6 is 0 Å². The average Bonchev–Trinajstić information content (AvgIpc) is 2.39. The second-order valence-electron chi connectivity index (χ2n) is 6.50. The summed E-state index contributed by atoms with van der Waals surface area (Å²) in [6, 6.07) is 0. The number of anilines is 2. The Balaban J connectivity index is 2.51. The normalized spacial score (nSPS) is 11.8. The second kappa shape index (κ2) is 6.91. The Hall–Kier alpha value is -1.32. The number of hydrogen-bond donors (Lipinski definition) is 1. The minimum Gasteiger partial charge on any atom is -0.380 e. The average molecular weight is 280 g/mol. The van der Waals surface area contributed by atoms with Gasteiger partial charge >= 0.3 is 0 Å². The summed E-state index contributed by atoms with van der Waals surface area (Å²) in [7, 11) is 0. The maximum absolute atomic E-state index is 11.7. The van der Waals surface area contributed by atoms with Gasteiger partial charge in [0.15, 0.2) is 0 Å². The van der Waals surface area contributed by atoms with E-state index in [2.05, 4.69) is 26.1 Å². The summed E-state index contributed by atoms with van der Waals surface area (Å²) < 4.78 is 0. The van der Waals surface area contributed by atoms with Crippen molar-refractivity contribution in [2.24, 2.45) is 5.41 Å². The summed E-state index contributed by atoms with van der Waals surface area (Å²) in [5.74, 6) is 0. The van der Waals surface area contributed by atoms with Gasteiger partial charge in [0.25, 0.3) is 10.9 Å². The van der Waals surface area contributed by atoms with E-state index in [0.29, 0.717) is 16.8 Å². The topological polar surface area (TPSA) is 49.4 Å². The molecule has 1 rings (SSSR count). The highest BCUT2D eigenvalue weighted by Crippen LogP contribution is 2.22. The van der Waals surface area contributed by atoms with Crippen molar-refractivity contribution in [3.05, 3.63) is 20.4 Å². The Labute approximate surface area is 121 Å². The molecule has 0 unspecified atom stereocenters. The zero-order valence-corrected chi connectivity index (χ0v) is 13.5. The highest BCUT2D eigenvalue weighted by molar-refractivity contribution is 5.75. The van der Waals surface area contributed by atoms with E-state index in [1.807, 2.05) is 18.7 Å². The molecule has 4 heteroatoms. The van der Waals surface area contributed by atoms with Crippen LogP contribution in [-0.2, 0) is 0 Å². The molecular formula is C16H28N2O2. The van der Waals surface area contributed by atoms with Crippen molar-refractivity contribution in [2.75, 3.05) is 29.9 Å². The van der Waals surface area contributed by atoms with Crippen molar-refractivity contribution >= 4 is 11.4 Å². The van der Waals surface area contributed by atoms with Gasteiger partial charge in [0.05, 0.1) is 0 Å². The van der Waals surface area contributed by atoms with Crippen LogP contribution in [0.4, 0.5) is 11.4 Å². The molecule has 4 nitrogen and oxygen atoms in total. The minimum absolute atomic E-state index is 0.342. The van der Waals surface area contributed by atoms with E-state index in [1.54, 1.807) is 0 Å². The van der Waals surface area contributed by atoms with Crippen LogP contribution < -0.4 is 21.1 Å². The smallest absolute Gasteiger partial charge is 0.253 e. The highest BCUT2D eigenvalue weighted by atomic mass is 16.2. The first kappa shape index (κ1) is 16.7. The Morgan fingerprint density at radius 2 is 1.60 bits per heavy atom. The molecule has 0 bridgehead atoms. The van der Waals surface area contributed by atoms with Crippen molar-refractivity contribution in [1.29, 1.82) is 0 Å².